The van der Waals surface area contributed by atoms with E-state index in [-0.39, 0.29) is 43.2 Å². The maximum absolute atomic E-state index is 11.0. The molecule has 28 heavy (non-hydrogen) atoms. The van der Waals surface area contributed by atoms with E-state index in [2.05, 4.69) is 0 Å². The molecule has 0 aliphatic rings. The highest BCUT2D eigenvalue weighted by Crippen LogP contribution is 1.97. The molecular weight excluding hydrogens is 450 g/mol. The van der Waals surface area contributed by atoms with Gasteiger partial charge in [0.05, 0.1) is 32.7 Å². The summed E-state index contributed by atoms with van der Waals surface area (Å²) in [7, 11) is 0. The van der Waals surface area contributed by atoms with E-state index in [1.165, 1.54) is 4.90 Å². The van der Waals surface area contributed by atoms with Gasteiger partial charge in [0, 0.05) is 26.2 Å². The van der Waals surface area contributed by atoms with E-state index in [1.54, 1.807) is 0 Å². The van der Waals surface area contributed by atoms with Crippen molar-refractivity contribution in [2.24, 2.45) is 0 Å². The van der Waals surface area contributed by atoms with Gasteiger partial charge in [-0.3, -0.25) is 38.7 Å². The summed E-state index contributed by atoms with van der Waals surface area (Å²) >= 11 is 0. The number of carboxylic acids is 5. The predicted octanol–water partition coefficient (Wildman–Crippen LogP) is -2.11. The molecule has 0 spiro atoms. The quantitative estimate of drug-likeness (QED) is 0.163. The van der Waals surface area contributed by atoms with Crippen molar-refractivity contribution in [1.29, 1.82) is 0 Å². The standard InChI is InChI=1S/C14H23N3O10.BrH/c18-10(19)5-15(1-3-16(6-11(20)21)7-12(22)23)2-4-17(8-13(24)25)9-14(26)27;/h1-9H2,(H,18,19)(H,20,21)(H,22,23)(H,24,25)(H,26,27);1H. The zero-order valence-corrected chi connectivity index (χ0v) is 16.6. The fraction of sp³-hybridized carbons (Fsp3) is 0.643. The fourth-order valence-electron chi connectivity index (χ4n) is 2.22. The second-order valence-electron chi connectivity index (χ2n) is 5.67. The zero-order chi connectivity index (χ0) is 21.0. The van der Waals surface area contributed by atoms with E-state index in [4.69, 9.17) is 25.5 Å². The van der Waals surface area contributed by atoms with Gasteiger partial charge in [0.2, 0.25) is 0 Å². The van der Waals surface area contributed by atoms with Gasteiger partial charge in [0.15, 0.2) is 0 Å². The summed E-state index contributed by atoms with van der Waals surface area (Å²) in [6.45, 7) is -2.74. The molecule has 0 fully saturated rings. The van der Waals surface area contributed by atoms with Crippen LogP contribution in [0.1, 0.15) is 0 Å². The lowest BCUT2D eigenvalue weighted by Gasteiger charge is -2.27. The Morgan fingerprint density at radius 3 is 0.821 bits per heavy atom. The molecule has 162 valence electrons. The fourth-order valence-corrected chi connectivity index (χ4v) is 2.22. The topological polar surface area (TPSA) is 196 Å². The molecule has 0 aliphatic heterocycles. The van der Waals surface area contributed by atoms with Gasteiger partial charge in [-0.15, -0.1) is 17.0 Å². The van der Waals surface area contributed by atoms with Crippen LogP contribution in [0.25, 0.3) is 0 Å². The molecule has 0 aliphatic carbocycles. The van der Waals surface area contributed by atoms with Crippen molar-refractivity contribution in [3.05, 3.63) is 0 Å². The van der Waals surface area contributed by atoms with Crippen molar-refractivity contribution in [2.75, 3.05) is 58.9 Å². The second kappa shape index (κ2) is 14.7. The minimum atomic E-state index is -1.24. The van der Waals surface area contributed by atoms with E-state index in [1.807, 2.05) is 0 Å². The number of halogens is 1. The number of carboxylic acid groups (broad SMARTS) is 5. The molecule has 14 heteroatoms. The van der Waals surface area contributed by atoms with Crippen LogP contribution in [0, 0.1) is 0 Å². The third-order valence-corrected chi connectivity index (χ3v) is 3.26. The number of hydrogen-bond donors (Lipinski definition) is 5. The van der Waals surface area contributed by atoms with E-state index in [0.717, 1.165) is 9.80 Å². The van der Waals surface area contributed by atoms with Crippen LogP contribution in [0.15, 0.2) is 0 Å². The third-order valence-electron chi connectivity index (χ3n) is 3.26. The van der Waals surface area contributed by atoms with E-state index < -0.39 is 62.6 Å². The molecule has 0 saturated heterocycles. The molecule has 13 nitrogen and oxygen atoms in total. The number of carbonyl (C=O) groups is 5. The minimum absolute atomic E-state index is 0. The maximum atomic E-state index is 11.0. The molecule has 0 rings (SSSR count). The van der Waals surface area contributed by atoms with Gasteiger partial charge in [-0.2, -0.15) is 0 Å². The van der Waals surface area contributed by atoms with Gasteiger partial charge in [-0.1, -0.05) is 0 Å². The average Bonchev–Trinajstić information content (AvgIpc) is 2.46. The van der Waals surface area contributed by atoms with Crippen molar-refractivity contribution >= 4 is 46.8 Å². The first kappa shape index (κ1) is 27.9. The van der Waals surface area contributed by atoms with Crippen LogP contribution in [-0.4, -0.2) is 129 Å². The maximum Gasteiger partial charge on any atom is 0.317 e. The first-order valence-corrected chi connectivity index (χ1v) is 7.75. The monoisotopic (exact) mass is 473 g/mol. The SMILES string of the molecule is Br.O=C(O)CN(CCN(CC(=O)O)CC(=O)O)CCN(CC(=O)O)CC(=O)O. The van der Waals surface area contributed by atoms with Crippen LogP contribution < -0.4 is 0 Å². The normalized spacial score (nSPS) is 10.7. The van der Waals surface area contributed by atoms with Gasteiger partial charge in [-0.05, 0) is 0 Å². The predicted molar refractivity (Wildman–Crippen MR) is 97.8 cm³/mol. The number of hydrogen-bond acceptors (Lipinski definition) is 8. The van der Waals surface area contributed by atoms with Crippen LogP contribution in [-0.2, 0) is 24.0 Å². The van der Waals surface area contributed by atoms with E-state index in [9.17, 15) is 24.0 Å². The largest absolute Gasteiger partial charge is 0.480 e. The van der Waals surface area contributed by atoms with Gasteiger partial charge in [-0.25, -0.2) is 0 Å². The van der Waals surface area contributed by atoms with Crippen LogP contribution in [0.3, 0.4) is 0 Å². The Morgan fingerprint density at radius 2 is 0.607 bits per heavy atom. The second-order valence-corrected chi connectivity index (χ2v) is 5.67. The van der Waals surface area contributed by atoms with Gasteiger partial charge < -0.3 is 25.5 Å². The Morgan fingerprint density at radius 1 is 0.429 bits per heavy atom. The first-order chi connectivity index (χ1) is 12.5. The zero-order valence-electron chi connectivity index (χ0n) is 14.9. The van der Waals surface area contributed by atoms with Crippen LogP contribution in [0.2, 0.25) is 0 Å². The summed E-state index contributed by atoms with van der Waals surface area (Å²) < 4.78 is 0. The van der Waals surface area contributed by atoms with Crippen molar-refractivity contribution in [3.63, 3.8) is 0 Å². The van der Waals surface area contributed by atoms with Crippen LogP contribution in [0.5, 0.6) is 0 Å². The Kier molecular flexibility index (Phi) is 14.7. The molecule has 0 atom stereocenters. The summed E-state index contributed by atoms with van der Waals surface area (Å²) in [5, 5.41) is 44.1. The average molecular weight is 474 g/mol. The van der Waals surface area contributed by atoms with Crippen molar-refractivity contribution in [3.8, 4) is 0 Å². The van der Waals surface area contributed by atoms with Gasteiger partial charge in [0.1, 0.15) is 0 Å². The Balaban J connectivity index is 0. The number of rotatable bonds is 16. The van der Waals surface area contributed by atoms with Crippen LogP contribution in [0.4, 0.5) is 0 Å². The molecule has 0 unspecified atom stereocenters. The molecule has 0 amide bonds. The molecular formula is C14H24BrN3O10. The molecule has 0 bridgehead atoms. The molecule has 0 saturated carbocycles. The van der Waals surface area contributed by atoms with E-state index in [0.29, 0.717) is 0 Å². The highest BCUT2D eigenvalue weighted by atomic mass is 79.9. The lowest BCUT2D eigenvalue weighted by molar-refractivity contribution is -0.143. The Bertz CT molecular complexity index is 487. The molecule has 0 aromatic rings. The van der Waals surface area contributed by atoms with Crippen molar-refractivity contribution in [1.82, 2.24) is 14.7 Å². The van der Waals surface area contributed by atoms with Crippen molar-refractivity contribution in [2.45, 2.75) is 0 Å². The number of nitrogens with zero attached hydrogens (tertiary/aromatic N) is 3. The number of aliphatic carboxylic acids is 5. The summed E-state index contributed by atoms with van der Waals surface area (Å²) in [5.41, 5.74) is 0. The van der Waals surface area contributed by atoms with Gasteiger partial charge >= 0.3 is 29.8 Å². The lowest BCUT2D eigenvalue weighted by Crippen LogP contribution is -2.45. The minimum Gasteiger partial charge on any atom is -0.480 e. The Labute approximate surface area is 170 Å². The molecule has 5 N–H and O–H groups in total. The third kappa shape index (κ3) is 15.9. The van der Waals surface area contributed by atoms with Crippen molar-refractivity contribution < 1.29 is 49.5 Å². The summed E-state index contributed by atoms with van der Waals surface area (Å²) in [4.78, 5) is 57.6. The molecule has 0 aromatic carbocycles. The molecule has 0 heterocycles. The van der Waals surface area contributed by atoms with Crippen LogP contribution >= 0.6 is 17.0 Å². The van der Waals surface area contributed by atoms with E-state index >= 15 is 0 Å². The smallest absolute Gasteiger partial charge is 0.317 e. The molecule has 0 radical (unpaired) electrons. The highest BCUT2D eigenvalue weighted by Gasteiger charge is 2.19. The molecule has 0 aromatic heterocycles. The summed E-state index contributed by atoms with van der Waals surface area (Å²) in [6, 6.07) is 0. The lowest BCUT2D eigenvalue weighted by atomic mass is 10.3. The Hall–Kier alpha value is -2.29. The summed E-state index contributed by atoms with van der Waals surface area (Å²) in [6.07, 6.45) is 0. The summed E-state index contributed by atoms with van der Waals surface area (Å²) in [5.74, 6) is -6.16. The first-order valence-electron chi connectivity index (χ1n) is 7.75. The van der Waals surface area contributed by atoms with Gasteiger partial charge in [0.25, 0.3) is 0 Å². The highest BCUT2D eigenvalue weighted by molar-refractivity contribution is 8.93.